The third kappa shape index (κ3) is 4.98. The lowest BCUT2D eigenvalue weighted by atomic mass is 10.1. The van der Waals surface area contributed by atoms with Gasteiger partial charge in [-0.2, -0.15) is 31.4 Å². The van der Waals surface area contributed by atoms with E-state index in [1.165, 1.54) is 0 Å². The number of aromatic nitrogens is 3. The molecule has 0 spiro atoms. The Morgan fingerprint density at radius 1 is 1.15 bits per heavy atom. The van der Waals surface area contributed by atoms with Crippen LogP contribution >= 0.6 is 11.6 Å². The number of rotatable bonds is 4. The maximum Gasteiger partial charge on any atom is 0.426 e. The summed E-state index contributed by atoms with van der Waals surface area (Å²) < 4.78 is 110. The minimum atomic E-state index is -5.36. The highest BCUT2D eigenvalue weighted by atomic mass is 35.5. The Kier molecular flexibility index (Phi) is 7.11. The minimum absolute atomic E-state index is 0.197. The van der Waals surface area contributed by atoms with E-state index in [1.807, 2.05) is 0 Å². The highest BCUT2D eigenvalue weighted by Crippen LogP contribution is 2.40. The van der Waals surface area contributed by atoms with Crippen LogP contribution in [-0.4, -0.2) is 73.5 Å². The SMILES string of the molecule is C[C@@](O)(C(=O)N1C[C@H](F)[C@H](NC(=O)c2cc(-c3cc(C(F)(F)F)c4c(N)ncnn34)c(F)cc2Cl)C1)C(F)(F)F. The molecule has 3 aromatic rings. The van der Waals surface area contributed by atoms with Crippen LogP contribution in [0, 0.1) is 5.82 Å². The van der Waals surface area contributed by atoms with Gasteiger partial charge < -0.3 is 21.1 Å². The van der Waals surface area contributed by atoms with Crippen molar-refractivity contribution in [3.8, 4) is 11.3 Å². The molecule has 4 N–H and O–H groups in total. The first-order chi connectivity index (χ1) is 18.3. The Bertz CT molecular complexity index is 1510. The van der Waals surface area contributed by atoms with E-state index in [9.17, 15) is 49.8 Å². The Morgan fingerprint density at radius 2 is 1.80 bits per heavy atom. The molecule has 40 heavy (non-hydrogen) atoms. The second-order valence-corrected chi connectivity index (χ2v) is 9.44. The minimum Gasteiger partial charge on any atom is -0.382 e. The van der Waals surface area contributed by atoms with Crippen LogP contribution < -0.4 is 11.1 Å². The van der Waals surface area contributed by atoms with E-state index in [1.54, 1.807) is 0 Å². The number of hydrogen-bond donors (Lipinski definition) is 3. The molecule has 9 nitrogen and oxygen atoms in total. The lowest BCUT2D eigenvalue weighted by Gasteiger charge is -2.29. The molecule has 0 unspecified atom stereocenters. The van der Waals surface area contributed by atoms with Crippen LogP contribution in [-0.2, 0) is 11.0 Å². The van der Waals surface area contributed by atoms with Gasteiger partial charge in [0.1, 0.15) is 23.8 Å². The summed E-state index contributed by atoms with van der Waals surface area (Å²) in [5.74, 6) is -4.76. The fraction of sp³-hybridized carbons (Fsp3) is 0.364. The normalized spacial score (nSPS) is 19.6. The Balaban J connectivity index is 1.66. The summed E-state index contributed by atoms with van der Waals surface area (Å²) in [7, 11) is 0. The summed E-state index contributed by atoms with van der Waals surface area (Å²) in [6.45, 7) is -1.46. The van der Waals surface area contributed by atoms with Crippen LogP contribution in [0.3, 0.4) is 0 Å². The van der Waals surface area contributed by atoms with Gasteiger partial charge in [0.15, 0.2) is 5.82 Å². The number of alkyl halides is 7. The van der Waals surface area contributed by atoms with Gasteiger partial charge in [0.2, 0.25) is 5.60 Å². The van der Waals surface area contributed by atoms with E-state index < -0.39 is 99.6 Å². The van der Waals surface area contributed by atoms with Gasteiger partial charge >= 0.3 is 12.4 Å². The molecule has 0 saturated carbocycles. The van der Waals surface area contributed by atoms with Crippen LogP contribution in [0.15, 0.2) is 24.5 Å². The zero-order chi connectivity index (χ0) is 29.9. The molecule has 1 aliphatic heterocycles. The molecule has 3 atom stereocenters. The van der Waals surface area contributed by atoms with Crippen LogP contribution in [0.2, 0.25) is 5.02 Å². The number of halogens is 9. The number of amides is 2. The average Bonchev–Trinajstić information content (AvgIpc) is 3.39. The highest BCUT2D eigenvalue weighted by molar-refractivity contribution is 6.34. The van der Waals surface area contributed by atoms with Gasteiger partial charge in [-0.1, -0.05) is 11.6 Å². The number of aliphatic hydroxyl groups is 1. The van der Waals surface area contributed by atoms with Crippen molar-refractivity contribution in [2.75, 3.05) is 18.8 Å². The number of carbonyl (C=O) groups is 2. The Morgan fingerprint density at radius 3 is 2.40 bits per heavy atom. The van der Waals surface area contributed by atoms with E-state index in [0.29, 0.717) is 21.5 Å². The molecule has 1 aliphatic rings. The molecule has 2 aromatic heterocycles. The first-order valence-corrected chi connectivity index (χ1v) is 11.4. The average molecular weight is 601 g/mol. The third-order valence-electron chi connectivity index (χ3n) is 6.29. The quantitative estimate of drug-likeness (QED) is 0.394. The molecule has 2 amide bonds. The summed E-state index contributed by atoms with van der Waals surface area (Å²) in [4.78, 5) is 29.0. The Hall–Kier alpha value is -3.73. The topological polar surface area (TPSA) is 126 Å². The number of nitrogens with zero attached hydrogens (tertiary/aromatic N) is 4. The van der Waals surface area contributed by atoms with Crippen LogP contribution in [0.4, 0.5) is 40.9 Å². The largest absolute Gasteiger partial charge is 0.426 e. The molecular weight excluding hydrogens is 584 g/mol. The van der Waals surface area contributed by atoms with Crippen molar-refractivity contribution < 1.29 is 49.8 Å². The highest BCUT2D eigenvalue weighted by Gasteiger charge is 2.58. The second-order valence-electron chi connectivity index (χ2n) is 9.03. The van der Waals surface area contributed by atoms with Gasteiger partial charge in [0.05, 0.1) is 34.4 Å². The number of fused-ring (bicyclic) bond motifs is 1. The predicted molar refractivity (Wildman–Crippen MR) is 122 cm³/mol. The van der Waals surface area contributed by atoms with Crippen molar-refractivity contribution in [1.82, 2.24) is 24.8 Å². The van der Waals surface area contributed by atoms with E-state index in [2.05, 4.69) is 15.4 Å². The van der Waals surface area contributed by atoms with Gasteiger partial charge in [0.25, 0.3) is 11.8 Å². The van der Waals surface area contributed by atoms with E-state index >= 15 is 0 Å². The maximum atomic E-state index is 14.9. The van der Waals surface area contributed by atoms with Crippen molar-refractivity contribution >= 4 is 34.7 Å². The molecule has 1 aromatic carbocycles. The Labute approximate surface area is 223 Å². The smallest absolute Gasteiger partial charge is 0.382 e. The molecule has 4 rings (SSSR count). The van der Waals surface area contributed by atoms with Crippen LogP contribution in [0.5, 0.6) is 0 Å². The van der Waals surface area contributed by atoms with Crippen molar-refractivity contribution in [3.05, 3.63) is 46.5 Å². The number of benzene rings is 1. The lowest BCUT2D eigenvalue weighted by molar-refractivity contribution is -0.249. The number of nitrogen functional groups attached to an aromatic ring is 1. The van der Waals surface area contributed by atoms with Crippen LogP contribution in [0.1, 0.15) is 22.8 Å². The number of hydrogen-bond acceptors (Lipinski definition) is 6. The fourth-order valence-electron chi connectivity index (χ4n) is 4.14. The molecule has 0 radical (unpaired) electrons. The van der Waals surface area contributed by atoms with Gasteiger partial charge in [-0.25, -0.2) is 18.3 Å². The molecule has 216 valence electrons. The summed E-state index contributed by atoms with van der Waals surface area (Å²) in [5, 5.41) is 14.9. The predicted octanol–water partition coefficient (Wildman–Crippen LogP) is 3.38. The summed E-state index contributed by atoms with van der Waals surface area (Å²) in [6.07, 6.45) is -11.6. The second kappa shape index (κ2) is 9.72. The van der Waals surface area contributed by atoms with Gasteiger partial charge in [-0.3, -0.25) is 9.59 Å². The first-order valence-electron chi connectivity index (χ1n) is 11.1. The number of nitrogens with two attached hydrogens (primary N) is 1. The van der Waals surface area contributed by atoms with E-state index in [-0.39, 0.29) is 6.92 Å². The number of anilines is 1. The van der Waals surface area contributed by atoms with Crippen molar-refractivity contribution in [3.63, 3.8) is 0 Å². The summed E-state index contributed by atoms with van der Waals surface area (Å²) in [6, 6.07) is 0.343. The molecule has 1 fully saturated rings. The van der Waals surface area contributed by atoms with Crippen molar-refractivity contribution in [1.29, 1.82) is 0 Å². The molecule has 18 heteroatoms. The number of nitrogens with one attached hydrogen (secondary N) is 1. The number of carbonyl (C=O) groups excluding carboxylic acids is 2. The molecule has 1 saturated heterocycles. The zero-order valence-electron chi connectivity index (χ0n) is 19.9. The molecule has 3 heterocycles. The van der Waals surface area contributed by atoms with Gasteiger partial charge in [0, 0.05) is 12.1 Å². The monoisotopic (exact) mass is 600 g/mol. The van der Waals surface area contributed by atoms with Crippen molar-refractivity contribution in [2.24, 2.45) is 0 Å². The molecular formula is C22H17ClF8N6O3. The summed E-state index contributed by atoms with van der Waals surface area (Å²) in [5.41, 5.74) is -1.83. The van der Waals surface area contributed by atoms with Gasteiger partial charge in [-0.05, 0) is 25.1 Å². The first kappa shape index (κ1) is 29.3. The summed E-state index contributed by atoms with van der Waals surface area (Å²) >= 11 is 5.97. The molecule has 0 aliphatic carbocycles. The van der Waals surface area contributed by atoms with E-state index in [4.69, 9.17) is 17.3 Å². The van der Waals surface area contributed by atoms with Crippen LogP contribution in [0.25, 0.3) is 16.8 Å². The van der Waals surface area contributed by atoms with E-state index in [0.717, 1.165) is 12.4 Å². The van der Waals surface area contributed by atoms with Gasteiger partial charge in [-0.15, -0.1) is 0 Å². The fourth-order valence-corrected chi connectivity index (χ4v) is 4.37. The third-order valence-corrected chi connectivity index (χ3v) is 6.60. The molecule has 0 bridgehead atoms. The lowest BCUT2D eigenvalue weighted by Crippen LogP contribution is -2.56. The number of likely N-dealkylation sites (tertiary alicyclic amines) is 1. The standard InChI is InChI=1S/C22H17ClF8N6O3/c1-20(40,22(29,30)31)19(39)36-5-13(25)14(6-36)35-18(38)8-2-9(12(24)4-11(8)23)15-3-10(21(26,27)28)16-17(32)33-7-34-37(15)16/h2-4,7,13-14,40H,5-6H2,1H3,(H,35,38)(H2,32,33,34)/t13-,14+,20+/m0/s1. The van der Waals surface area contributed by atoms with Crippen molar-refractivity contribution in [2.45, 2.75) is 37.1 Å². The maximum absolute atomic E-state index is 14.9. The zero-order valence-corrected chi connectivity index (χ0v) is 20.7.